The van der Waals surface area contributed by atoms with E-state index in [9.17, 15) is 0 Å². The molecule has 0 saturated carbocycles. The Bertz CT molecular complexity index is 1320. The molecule has 5 aromatic rings. The van der Waals surface area contributed by atoms with E-state index in [4.69, 9.17) is 4.74 Å². The number of benzene rings is 5. The Hall–Kier alpha value is -4.10. The third-order valence-corrected chi connectivity index (χ3v) is 6.43. The third kappa shape index (κ3) is 2.79. The summed E-state index contributed by atoms with van der Waals surface area (Å²) in [6, 6.07) is 46.9. The summed E-state index contributed by atoms with van der Waals surface area (Å²) in [6.07, 6.45) is 0. The third-order valence-electron chi connectivity index (χ3n) is 6.43. The molecular formula is C31H22O. The molecule has 0 spiro atoms. The first kappa shape index (κ1) is 18.7. The van der Waals surface area contributed by atoms with Gasteiger partial charge in [-0.15, -0.1) is 0 Å². The van der Waals surface area contributed by atoms with Crippen molar-refractivity contribution in [2.75, 3.05) is 0 Å². The molecule has 0 bridgehead atoms. The van der Waals surface area contributed by atoms with Gasteiger partial charge in [0.15, 0.2) is 0 Å². The number of hydrogen-bond donors (Lipinski definition) is 0. The summed E-state index contributed by atoms with van der Waals surface area (Å²) >= 11 is 0. The first-order valence-corrected chi connectivity index (χ1v) is 11.0. The zero-order valence-electron chi connectivity index (χ0n) is 17.6. The molecule has 1 aliphatic rings. The van der Waals surface area contributed by atoms with Gasteiger partial charge in [0.05, 0.1) is 5.41 Å². The standard InChI is InChI=1S/C31H22O/c1-3-11-23(12-4-1)31(24-19-21-26(22-20-24)32-25-13-5-2-6-14-25)29-17-9-7-15-27(29)28-16-8-10-18-30(28)31/h1-22H. The van der Waals surface area contributed by atoms with E-state index in [1.165, 1.54) is 33.4 Å². The normalized spacial score (nSPS) is 13.2. The fourth-order valence-corrected chi connectivity index (χ4v) is 5.11. The Balaban J connectivity index is 1.57. The maximum atomic E-state index is 6.07. The van der Waals surface area contributed by atoms with Crippen molar-refractivity contribution in [2.45, 2.75) is 5.41 Å². The van der Waals surface area contributed by atoms with Gasteiger partial charge >= 0.3 is 0 Å². The number of rotatable bonds is 4. The summed E-state index contributed by atoms with van der Waals surface area (Å²) in [7, 11) is 0. The number of ether oxygens (including phenoxy) is 1. The van der Waals surface area contributed by atoms with E-state index < -0.39 is 0 Å². The van der Waals surface area contributed by atoms with Crippen molar-refractivity contribution in [2.24, 2.45) is 0 Å². The van der Waals surface area contributed by atoms with Crippen LogP contribution in [0.4, 0.5) is 0 Å². The molecule has 1 nitrogen and oxygen atoms in total. The zero-order chi connectivity index (χ0) is 21.4. The monoisotopic (exact) mass is 410 g/mol. The molecule has 0 atom stereocenters. The average Bonchev–Trinajstić information content (AvgIpc) is 3.17. The largest absolute Gasteiger partial charge is 0.457 e. The van der Waals surface area contributed by atoms with Crippen LogP contribution in [0.1, 0.15) is 22.3 Å². The highest BCUT2D eigenvalue weighted by Gasteiger charge is 2.45. The zero-order valence-corrected chi connectivity index (χ0v) is 17.6. The maximum absolute atomic E-state index is 6.07. The van der Waals surface area contributed by atoms with Crippen molar-refractivity contribution < 1.29 is 4.74 Å². The second-order valence-corrected chi connectivity index (χ2v) is 8.15. The molecule has 0 aliphatic heterocycles. The minimum atomic E-state index is -0.361. The summed E-state index contributed by atoms with van der Waals surface area (Å²) in [5.41, 5.74) is 7.40. The van der Waals surface area contributed by atoms with E-state index >= 15 is 0 Å². The SMILES string of the molecule is c1ccc(Oc2ccc(C3(c4ccccc4)c4ccccc4-c4ccccc43)cc2)cc1. The molecule has 32 heavy (non-hydrogen) atoms. The van der Waals surface area contributed by atoms with Crippen molar-refractivity contribution >= 4 is 0 Å². The van der Waals surface area contributed by atoms with Crippen LogP contribution in [-0.2, 0) is 5.41 Å². The molecule has 0 aromatic heterocycles. The molecule has 1 aliphatic carbocycles. The molecule has 1 heteroatoms. The Morgan fingerprint density at radius 2 is 0.812 bits per heavy atom. The van der Waals surface area contributed by atoms with Gasteiger partial charge in [0.25, 0.3) is 0 Å². The van der Waals surface area contributed by atoms with Crippen LogP contribution in [0.5, 0.6) is 11.5 Å². The minimum Gasteiger partial charge on any atom is -0.457 e. The Kier molecular flexibility index (Phi) is 4.40. The lowest BCUT2D eigenvalue weighted by atomic mass is 9.68. The Labute approximate surface area is 188 Å². The number of fused-ring (bicyclic) bond motifs is 3. The van der Waals surface area contributed by atoms with Gasteiger partial charge in [0.1, 0.15) is 11.5 Å². The molecule has 0 N–H and O–H groups in total. The minimum absolute atomic E-state index is 0.361. The van der Waals surface area contributed by atoms with Crippen LogP contribution < -0.4 is 4.74 Å². The molecule has 0 saturated heterocycles. The number of para-hydroxylation sites is 1. The van der Waals surface area contributed by atoms with E-state index in [2.05, 4.69) is 103 Å². The van der Waals surface area contributed by atoms with Gasteiger partial charge in [0.2, 0.25) is 0 Å². The Morgan fingerprint density at radius 3 is 1.41 bits per heavy atom. The van der Waals surface area contributed by atoms with Crippen molar-refractivity contribution in [1.82, 2.24) is 0 Å². The van der Waals surface area contributed by atoms with Crippen molar-refractivity contribution in [3.05, 3.63) is 156 Å². The molecule has 0 fully saturated rings. The molecule has 0 radical (unpaired) electrons. The predicted octanol–water partition coefficient (Wildman–Crippen LogP) is 7.84. The summed E-state index contributed by atoms with van der Waals surface area (Å²) in [6.45, 7) is 0. The lowest BCUT2D eigenvalue weighted by Crippen LogP contribution is -2.28. The topological polar surface area (TPSA) is 9.23 Å². The Morgan fingerprint density at radius 1 is 0.375 bits per heavy atom. The molecular weight excluding hydrogens is 388 g/mol. The smallest absolute Gasteiger partial charge is 0.127 e. The van der Waals surface area contributed by atoms with Crippen LogP contribution >= 0.6 is 0 Å². The van der Waals surface area contributed by atoms with Gasteiger partial charge in [-0.25, -0.2) is 0 Å². The fraction of sp³-hybridized carbons (Fsp3) is 0.0323. The summed E-state index contributed by atoms with van der Waals surface area (Å²) in [5.74, 6) is 1.68. The maximum Gasteiger partial charge on any atom is 0.127 e. The summed E-state index contributed by atoms with van der Waals surface area (Å²) in [5, 5.41) is 0. The van der Waals surface area contributed by atoms with Gasteiger partial charge in [0, 0.05) is 0 Å². The van der Waals surface area contributed by atoms with Crippen LogP contribution in [0.3, 0.4) is 0 Å². The van der Waals surface area contributed by atoms with E-state index in [-0.39, 0.29) is 5.41 Å². The van der Waals surface area contributed by atoms with Gasteiger partial charge in [-0.1, -0.05) is 109 Å². The van der Waals surface area contributed by atoms with E-state index in [1.807, 2.05) is 30.3 Å². The first-order valence-electron chi connectivity index (χ1n) is 11.0. The highest BCUT2D eigenvalue weighted by molar-refractivity contribution is 5.86. The molecule has 152 valence electrons. The highest BCUT2D eigenvalue weighted by atomic mass is 16.5. The molecule has 6 rings (SSSR count). The van der Waals surface area contributed by atoms with Gasteiger partial charge < -0.3 is 4.74 Å². The van der Waals surface area contributed by atoms with Crippen LogP contribution in [0.15, 0.2) is 133 Å². The molecule has 0 unspecified atom stereocenters. The number of hydrogen-bond acceptors (Lipinski definition) is 1. The molecule has 0 amide bonds. The molecule has 5 aromatic carbocycles. The lowest BCUT2D eigenvalue weighted by Gasteiger charge is -2.33. The van der Waals surface area contributed by atoms with Gasteiger partial charge in [-0.3, -0.25) is 0 Å². The van der Waals surface area contributed by atoms with Crippen molar-refractivity contribution in [3.8, 4) is 22.6 Å². The average molecular weight is 411 g/mol. The van der Waals surface area contributed by atoms with Crippen LogP contribution in [0.2, 0.25) is 0 Å². The first-order chi connectivity index (χ1) is 15.9. The summed E-state index contributed by atoms with van der Waals surface area (Å²) < 4.78 is 6.07. The van der Waals surface area contributed by atoms with E-state index in [1.54, 1.807) is 0 Å². The van der Waals surface area contributed by atoms with E-state index in [0.717, 1.165) is 11.5 Å². The second kappa shape index (κ2) is 7.55. The van der Waals surface area contributed by atoms with Crippen LogP contribution in [-0.4, -0.2) is 0 Å². The van der Waals surface area contributed by atoms with Crippen LogP contribution in [0, 0.1) is 0 Å². The van der Waals surface area contributed by atoms with Crippen molar-refractivity contribution in [3.63, 3.8) is 0 Å². The second-order valence-electron chi connectivity index (χ2n) is 8.15. The fourth-order valence-electron chi connectivity index (χ4n) is 5.11. The molecule has 0 heterocycles. The highest BCUT2D eigenvalue weighted by Crippen LogP contribution is 2.55. The van der Waals surface area contributed by atoms with Gasteiger partial charge in [-0.2, -0.15) is 0 Å². The van der Waals surface area contributed by atoms with Crippen molar-refractivity contribution in [1.29, 1.82) is 0 Å². The van der Waals surface area contributed by atoms with E-state index in [0.29, 0.717) is 0 Å². The van der Waals surface area contributed by atoms with Gasteiger partial charge in [-0.05, 0) is 57.6 Å². The van der Waals surface area contributed by atoms with Crippen LogP contribution in [0.25, 0.3) is 11.1 Å². The lowest BCUT2D eigenvalue weighted by molar-refractivity contribution is 0.482. The summed E-state index contributed by atoms with van der Waals surface area (Å²) in [4.78, 5) is 0. The predicted molar refractivity (Wildman–Crippen MR) is 130 cm³/mol. The quantitative estimate of drug-likeness (QED) is 0.288.